The smallest absolute Gasteiger partial charge is 0.289 e. The number of aromatic nitrogens is 2. The van der Waals surface area contributed by atoms with Crippen LogP contribution in [0.5, 0.6) is 5.75 Å². The van der Waals surface area contributed by atoms with E-state index in [1.807, 2.05) is 38.1 Å². The summed E-state index contributed by atoms with van der Waals surface area (Å²) in [6.45, 7) is 3.93. The minimum atomic E-state index is -0.347. The van der Waals surface area contributed by atoms with Crippen LogP contribution in [-0.2, 0) is 0 Å². The summed E-state index contributed by atoms with van der Waals surface area (Å²) in [6, 6.07) is 7.29. The lowest BCUT2D eigenvalue weighted by molar-refractivity contribution is 0.0957. The van der Waals surface area contributed by atoms with Gasteiger partial charge in [0, 0.05) is 12.4 Å². The number of amides is 1. The first-order valence-corrected chi connectivity index (χ1v) is 6.24. The van der Waals surface area contributed by atoms with E-state index in [1.54, 1.807) is 0 Å². The Bertz CT molecular complexity index is 555. The number of hydrazine groups is 1. The fraction of sp³-hybridized carbons (Fsp3) is 0.214. The Morgan fingerprint density at radius 3 is 2.55 bits per heavy atom. The summed E-state index contributed by atoms with van der Waals surface area (Å²) in [4.78, 5) is 19.5. The van der Waals surface area contributed by atoms with Crippen LogP contribution >= 0.6 is 0 Å². The highest BCUT2D eigenvalue weighted by atomic mass is 16.5. The fourth-order valence-electron chi connectivity index (χ4n) is 1.50. The van der Waals surface area contributed by atoms with E-state index in [0.717, 1.165) is 11.4 Å². The van der Waals surface area contributed by atoms with Crippen LogP contribution in [-0.4, -0.2) is 22.0 Å². The molecule has 0 spiro atoms. The second kappa shape index (κ2) is 6.51. The van der Waals surface area contributed by atoms with Gasteiger partial charge in [0.2, 0.25) is 0 Å². The van der Waals surface area contributed by atoms with Gasteiger partial charge in [0.05, 0.1) is 18.0 Å². The van der Waals surface area contributed by atoms with Gasteiger partial charge in [-0.15, -0.1) is 0 Å². The second-order valence-electron chi connectivity index (χ2n) is 4.36. The highest BCUT2D eigenvalue weighted by molar-refractivity contribution is 5.92. The van der Waals surface area contributed by atoms with Crippen LogP contribution in [0.1, 0.15) is 24.3 Å². The number of nitrogens with zero attached hydrogens (tertiary/aromatic N) is 2. The quantitative estimate of drug-likeness (QED) is 0.814. The van der Waals surface area contributed by atoms with E-state index in [2.05, 4.69) is 20.8 Å². The lowest BCUT2D eigenvalue weighted by Gasteiger charge is -2.11. The van der Waals surface area contributed by atoms with Gasteiger partial charge in [0.15, 0.2) is 0 Å². The molecule has 0 saturated carbocycles. The maximum absolute atomic E-state index is 11.7. The van der Waals surface area contributed by atoms with Crippen molar-refractivity contribution >= 4 is 11.6 Å². The molecule has 0 unspecified atom stereocenters. The molecule has 0 saturated heterocycles. The number of nitrogens with one attached hydrogen (secondary N) is 2. The number of hydrogen-bond acceptors (Lipinski definition) is 5. The number of benzene rings is 1. The minimum Gasteiger partial charge on any atom is -0.491 e. The molecule has 2 rings (SSSR count). The Hall–Kier alpha value is -2.63. The Labute approximate surface area is 117 Å². The van der Waals surface area contributed by atoms with Crippen LogP contribution in [0.2, 0.25) is 0 Å². The fourth-order valence-corrected chi connectivity index (χ4v) is 1.50. The molecule has 0 aliphatic carbocycles. The lowest BCUT2D eigenvalue weighted by atomic mass is 10.3. The topological polar surface area (TPSA) is 76.1 Å². The van der Waals surface area contributed by atoms with Crippen LogP contribution < -0.4 is 15.6 Å². The summed E-state index contributed by atoms with van der Waals surface area (Å²) in [5, 5.41) is 0. The Morgan fingerprint density at radius 2 is 1.95 bits per heavy atom. The number of rotatable bonds is 5. The Kier molecular flexibility index (Phi) is 4.49. The van der Waals surface area contributed by atoms with Gasteiger partial charge in [-0.3, -0.25) is 20.6 Å². The normalized spacial score (nSPS) is 10.2. The summed E-state index contributed by atoms with van der Waals surface area (Å²) < 4.78 is 5.53. The zero-order valence-electron chi connectivity index (χ0n) is 11.3. The molecular weight excluding hydrogens is 256 g/mol. The van der Waals surface area contributed by atoms with E-state index in [4.69, 9.17) is 4.74 Å². The summed E-state index contributed by atoms with van der Waals surface area (Å²) in [5.74, 6) is 0.436. The third-order valence-corrected chi connectivity index (χ3v) is 2.34. The van der Waals surface area contributed by atoms with Crippen molar-refractivity contribution in [2.75, 3.05) is 5.43 Å². The van der Waals surface area contributed by atoms with Crippen LogP contribution in [0.4, 0.5) is 5.69 Å². The van der Waals surface area contributed by atoms with Crippen LogP contribution in [0, 0.1) is 0 Å². The summed E-state index contributed by atoms with van der Waals surface area (Å²) >= 11 is 0. The van der Waals surface area contributed by atoms with E-state index >= 15 is 0 Å². The van der Waals surface area contributed by atoms with Crippen molar-refractivity contribution in [2.24, 2.45) is 0 Å². The molecule has 0 fully saturated rings. The first-order valence-electron chi connectivity index (χ1n) is 6.24. The molecule has 0 atom stereocenters. The number of carbonyl (C=O) groups excluding carboxylic acids is 1. The molecular formula is C14H16N4O2. The molecule has 20 heavy (non-hydrogen) atoms. The molecule has 1 amide bonds. The number of ether oxygens (including phenoxy) is 1. The number of hydrogen-bond donors (Lipinski definition) is 2. The minimum absolute atomic E-state index is 0.130. The van der Waals surface area contributed by atoms with Crippen LogP contribution in [0.15, 0.2) is 42.9 Å². The van der Waals surface area contributed by atoms with Crippen LogP contribution in [0.3, 0.4) is 0 Å². The van der Waals surface area contributed by atoms with Gasteiger partial charge >= 0.3 is 0 Å². The highest BCUT2D eigenvalue weighted by Crippen LogP contribution is 2.16. The molecule has 1 aromatic carbocycles. The summed E-state index contributed by atoms with van der Waals surface area (Å²) in [6.07, 6.45) is 4.51. The van der Waals surface area contributed by atoms with Crippen molar-refractivity contribution in [2.45, 2.75) is 20.0 Å². The van der Waals surface area contributed by atoms with Crippen molar-refractivity contribution in [1.29, 1.82) is 0 Å². The monoisotopic (exact) mass is 272 g/mol. The van der Waals surface area contributed by atoms with Crippen LogP contribution in [0.25, 0.3) is 0 Å². The van der Waals surface area contributed by atoms with Gasteiger partial charge in [-0.2, -0.15) is 0 Å². The molecule has 0 bridgehead atoms. The molecule has 104 valence electrons. The van der Waals surface area contributed by atoms with Crippen molar-refractivity contribution in [3.63, 3.8) is 0 Å². The zero-order valence-corrected chi connectivity index (χ0v) is 11.3. The average molecular weight is 272 g/mol. The maximum Gasteiger partial charge on any atom is 0.289 e. The van der Waals surface area contributed by atoms with Gasteiger partial charge in [0.1, 0.15) is 11.4 Å². The van der Waals surface area contributed by atoms with Crippen molar-refractivity contribution in [3.8, 4) is 5.75 Å². The van der Waals surface area contributed by atoms with Crippen molar-refractivity contribution in [3.05, 3.63) is 48.5 Å². The van der Waals surface area contributed by atoms with Gasteiger partial charge in [-0.05, 0) is 38.1 Å². The molecule has 1 aromatic heterocycles. The predicted molar refractivity (Wildman–Crippen MR) is 75.3 cm³/mol. The maximum atomic E-state index is 11.7. The Balaban J connectivity index is 1.89. The van der Waals surface area contributed by atoms with Gasteiger partial charge in [-0.1, -0.05) is 0 Å². The van der Waals surface area contributed by atoms with Crippen molar-refractivity contribution < 1.29 is 9.53 Å². The second-order valence-corrected chi connectivity index (χ2v) is 4.36. The molecule has 0 aliphatic heterocycles. The van der Waals surface area contributed by atoms with E-state index in [-0.39, 0.29) is 17.7 Å². The first-order chi connectivity index (χ1) is 9.65. The van der Waals surface area contributed by atoms with E-state index in [0.29, 0.717) is 0 Å². The molecule has 6 nitrogen and oxygen atoms in total. The lowest BCUT2D eigenvalue weighted by Crippen LogP contribution is -2.30. The first kappa shape index (κ1) is 13.8. The van der Waals surface area contributed by atoms with Gasteiger partial charge in [0.25, 0.3) is 5.91 Å². The van der Waals surface area contributed by atoms with E-state index in [1.165, 1.54) is 18.6 Å². The van der Waals surface area contributed by atoms with Gasteiger partial charge < -0.3 is 4.74 Å². The molecule has 0 radical (unpaired) electrons. The molecule has 1 heterocycles. The predicted octanol–water partition coefficient (Wildman–Crippen LogP) is 2.02. The zero-order chi connectivity index (χ0) is 14.4. The third-order valence-electron chi connectivity index (χ3n) is 2.34. The largest absolute Gasteiger partial charge is 0.491 e. The summed E-state index contributed by atoms with van der Waals surface area (Å²) in [5.41, 5.74) is 6.34. The van der Waals surface area contributed by atoms with Crippen molar-refractivity contribution in [1.82, 2.24) is 15.4 Å². The Morgan fingerprint density at radius 1 is 1.20 bits per heavy atom. The average Bonchev–Trinajstić information content (AvgIpc) is 2.46. The standard InChI is InChI=1S/C14H16N4O2/c1-10(2)20-12-5-3-11(4-6-12)17-18-14(19)13-9-15-7-8-16-13/h3-10,17H,1-2H3,(H,18,19). The molecule has 2 aromatic rings. The molecule has 0 aliphatic rings. The highest BCUT2D eigenvalue weighted by Gasteiger charge is 2.05. The SMILES string of the molecule is CC(C)Oc1ccc(NNC(=O)c2cnccn2)cc1. The molecule has 6 heteroatoms. The molecule has 2 N–H and O–H groups in total. The van der Waals surface area contributed by atoms with Gasteiger partial charge in [-0.25, -0.2) is 4.98 Å². The third kappa shape index (κ3) is 3.94. The van der Waals surface area contributed by atoms with E-state index in [9.17, 15) is 4.79 Å². The summed E-state index contributed by atoms with van der Waals surface area (Å²) in [7, 11) is 0. The number of carbonyl (C=O) groups is 1. The van der Waals surface area contributed by atoms with E-state index < -0.39 is 0 Å². The number of anilines is 1.